The van der Waals surface area contributed by atoms with E-state index in [0.717, 1.165) is 25.4 Å². The number of hydrogen-bond donors (Lipinski definition) is 2. The lowest BCUT2D eigenvalue weighted by molar-refractivity contribution is 0.202. The molecule has 1 saturated heterocycles. The molecule has 0 amide bonds. The summed E-state index contributed by atoms with van der Waals surface area (Å²) in [5.41, 5.74) is 0. The van der Waals surface area contributed by atoms with Gasteiger partial charge in [-0.2, -0.15) is 0 Å². The Morgan fingerprint density at radius 3 is 2.91 bits per heavy atom. The Morgan fingerprint density at radius 1 is 1.45 bits per heavy atom. The normalized spacial score (nSPS) is 33.3. The third kappa shape index (κ3) is 2.80. The second-order valence-electron chi connectivity index (χ2n) is 3.55. The first-order chi connectivity index (χ1) is 5.36. The van der Waals surface area contributed by atoms with Crippen LogP contribution in [0.5, 0.6) is 0 Å². The van der Waals surface area contributed by atoms with Gasteiger partial charge in [0.25, 0.3) is 0 Å². The summed E-state index contributed by atoms with van der Waals surface area (Å²) < 4.78 is 0. The molecule has 11 heavy (non-hydrogen) atoms. The molecule has 0 aromatic heterocycles. The summed E-state index contributed by atoms with van der Waals surface area (Å²) in [4.78, 5) is 0. The highest BCUT2D eigenvalue weighted by Crippen LogP contribution is 2.19. The lowest BCUT2D eigenvalue weighted by Gasteiger charge is -2.15. The van der Waals surface area contributed by atoms with E-state index in [1.54, 1.807) is 0 Å². The first-order valence-electron chi connectivity index (χ1n) is 4.68. The number of hydrogen-bond acceptors (Lipinski definition) is 2. The smallest absolute Gasteiger partial charge is 0.0459 e. The van der Waals surface area contributed by atoms with Crippen molar-refractivity contribution in [1.29, 1.82) is 0 Å². The minimum absolute atomic E-state index is 0.373. The van der Waals surface area contributed by atoms with E-state index >= 15 is 0 Å². The van der Waals surface area contributed by atoms with Gasteiger partial charge in [0.1, 0.15) is 0 Å². The van der Waals surface area contributed by atoms with Crippen LogP contribution in [0.2, 0.25) is 0 Å². The molecule has 0 radical (unpaired) electrons. The fourth-order valence-corrected chi connectivity index (χ4v) is 1.76. The van der Waals surface area contributed by atoms with Crippen LogP contribution >= 0.6 is 0 Å². The zero-order valence-corrected chi connectivity index (χ0v) is 7.34. The van der Waals surface area contributed by atoms with E-state index < -0.39 is 0 Å². The minimum atomic E-state index is 0.373. The first kappa shape index (κ1) is 9.01. The van der Waals surface area contributed by atoms with Crippen molar-refractivity contribution in [3.8, 4) is 0 Å². The first-order valence-corrected chi connectivity index (χ1v) is 4.68. The predicted octanol–water partition coefficient (Wildman–Crippen LogP) is 1.00. The molecule has 2 heteroatoms. The van der Waals surface area contributed by atoms with Crippen molar-refractivity contribution in [2.75, 3.05) is 19.7 Å². The molecular weight excluding hydrogens is 138 g/mol. The lowest BCUT2D eigenvalue weighted by atomic mass is 9.93. The molecule has 1 aliphatic heterocycles. The van der Waals surface area contributed by atoms with Crippen LogP contribution in [-0.2, 0) is 0 Å². The van der Waals surface area contributed by atoms with E-state index in [4.69, 9.17) is 5.11 Å². The van der Waals surface area contributed by atoms with Crippen molar-refractivity contribution in [3.63, 3.8) is 0 Å². The van der Waals surface area contributed by atoms with E-state index in [1.807, 2.05) is 0 Å². The Bertz CT molecular complexity index is 93.7. The maximum absolute atomic E-state index is 9.00. The van der Waals surface area contributed by atoms with Crippen LogP contribution in [0.4, 0.5) is 0 Å². The third-order valence-corrected chi connectivity index (χ3v) is 2.66. The van der Waals surface area contributed by atoms with Gasteiger partial charge in [0.2, 0.25) is 0 Å². The zero-order valence-electron chi connectivity index (χ0n) is 7.34. The van der Waals surface area contributed by atoms with Gasteiger partial charge in [-0.3, -0.25) is 0 Å². The van der Waals surface area contributed by atoms with Gasteiger partial charge in [-0.05, 0) is 37.8 Å². The Morgan fingerprint density at radius 2 is 2.27 bits per heavy atom. The summed E-state index contributed by atoms with van der Waals surface area (Å²) in [6, 6.07) is 0. The highest BCUT2D eigenvalue weighted by atomic mass is 16.3. The monoisotopic (exact) mass is 157 g/mol. The van der Waals surface area contributed by atoms with Gasteiger partial charge in [0.05, 0.1) is 0 Å². The Hall–Kier alpha value is -0.0800. The van der Waals surface area contributed by atoms with Gasteiger partial charge in [0.15, 0.2) is 0 Å². The number of aliphatic hydroxyl groups excluding tert-OH is 1. The van der Waals surface area contributed by atoms with Gasteiger partial charge < -0.3 is 10.4 Å². The lowest BCUT2D eigenvalue weighted by Crippen LogP contribution is -2.19. The molecule has 1 fully saturated rings. The van der Waals surface area contributed by atoms with Crippen LogP contribution in [0, 0.1) is 11.8 Å². The summed E-state index contributed by atoms with van der Waals surface area (Å²) in [6.07, 6.45) is 3.59. The zero-order chi connectivity index (χ0) is 8.10. The molecule has 1 rings (SSSR count). The minimum Gasteiger partial charge on any atom is -0.396 e. The number of rotatable bonds is 2. The Labute approximate surface area is 69.0 Å². The average molecular weight is 157 g/mol. The molecule has 0 bridgehead atoms. The second kappa shape index (κ2) is 4.73. The van der Waals surface area contributed by atoms with Crippen LogP contribution in [0.3, 0.4) is 0 Å². The molecule has 0 aromatic carbocycles. The van der Waals surface area contributed by atoms with Crippen LogP contribution in [-0.4, -0.2) is 24.8 Å². The van der Waals surface area contributed by atoms with Gasteiger partial charge in [0, 0.05) is 6.61 Å². The van der Waals surface area contributed by atoms with E-state index in [2.05, 4.69) is 12.2 Å². The molecule has 0 aliphatic carbocycles. The van der Waals surface area contributed by atoms with Crippen LogP contribution in [0.25, 0.3) is 0 Å². The molecule has 0 spiro atoms. The molecular formula is C9H19NO. The van der Waals surface area contributed by atoms with Crippen molar-refractivity contribution >= 4 is 0 Å². The van der Waals surface area contributed by atoms with Crippen molar-refractivity contribution < 1.29 is 5.11 Å². The molecule has 0 saturated carbocycles. The molecule has 1 heterocycles. The van der Waals surface area contributed by atoms with E-state index in [1.165, 1.54) is 12.8 Å². The molecule has 2 unspecified atom stereocenters. The maximum atomic E-state index is 9.00. The van der Waals surface area contributed by atoms with Crippen LogP contribution in [0.1, 0.15) is 26.2 Å². The molecule has 2 N–H and O–H groups in total. The third-order valence-electron chi connectivity index (χ3n) is 2.66. The maximum Gasteiger partial charge on any atom is 0.0459 e. The van der Waals surface area contributed by atoms with E-state index in [-0.39, 0.29) is 0 Å². The SMILES string of the molecule is CCC1CNCCC(CO)C1. The molecule has 2 atom stereocenters. The van der Waals surface area contributed by atoms with Crippen molar-refractivity contribution in [2.45, 2.75) is 26.2 Å². The topological polar surface area (TPSA) is 32.3 Å². The number of aliphatic hydroxyl groups is 1. The van der Waals surface area contributed by atoms with Crippen molar-refractivity contribution in [3.05, 3.63) is 0 Å². The number of nitrogens with one attached hydrogen (secondary N) is 1. The largest absolute Gasteiger partial charge is 0.396 e. The van der Waals surface area contributed by atoms with Gasteiger partial charge in [-0.15, -0.1) is 0 Å². The summed E-state index contributed by atoms with van der Waals surface area (Å²) in [5, 5.41) is 12.4. The van der Waals surface area contributed by atoms with Crippen LogP contribution in [0.15, 0.2) is 0 Å². The summed E-state index contributed by atoms with van der Waals surface area (Å²) in [7, 11) is 0. The van der Waals surface area contributed by atoms with Gasteiger partial charge in [-0.1, -0.05) is 13.3 Å². The van der Waals surface area contributed by atoms with E-state index in [0.29, 0.717) is 12.5 Å². The fourth-order valence-electron chi connectivity index (χ4n) is 1.76. The molecule has 2 nitrogen and oxygen atoms in total. The molecule has 0 aromatic rings. The van der Waals surface area contributed by atoms with Gasteiger partial charge >= 0.3 is 0 Å². The Balaban J connectivity index is 2.33. The molecule has 1 aliphatic rings. The Kier molecular flexibility index (Phi) is 3.87. The highest BCUT2D eigenvalue weighted by Gasteiger charge is 2.17. The molecule has 66 valence electrons. The summed E-state index contributed by atoms with van der Waals surface area (Å²) in [5.74, 6) is 1.34. The standard InChI is InChI=1S/C9H19NO/c1-2-8-5-9(7-11)3-4-10-6-8/h8-11H,2-7H2,1H3. The highest BCUT2D eigenvalue weighted by molar-refractivity contribution is 4.72. The summed E-state index contributed by atoms with van der Waals surface area (Å²) in [6.45, 7) is 4.83. The fraction of sp³-hybridized carbons (Fsp3) is 1.00. The van der Waals surface area contributed by atoms with Gasteiger partial charge in [-0.25, -0.2) is 0 Å². The summed E-state index contributed by atoms with van der Waals surface area (Å²) >= 11 is 0. The van der Waals surface area contributed by atoms with E-state index in [9.17, 15) is 0 Å². The quantitative estimate of drug-likeness (QED) is 0.627. The second-order valence-corrected chi connectivity index (χ2v) is 3.55. The predicted molar refractivity (Wildman–Crippen MR) is 46.5 cm³/mol. The average Bonchev–Trinajstić information content (AvgIpc) is 2.28. The van der Waals surface area contributed by atoms with Crippen molar-refractivity contribution in [1.82, 2.24) is 5.32 Å². The van der Waals surface area contributed by atoms with Crippen molar-refractivity contribution in [2.24, 2.45) is 11.8 Å². The van der Waals surface area contributed by atoms with Crippen LogP contribution < -0.4 is 5.32 Å².